The number of carbonyl (C=O) groups excluding carboxylic acids is 2. The van der Waals surface area contributed by atoms with E-state index in [0.717, 1.165) is 0 Å². The summed E-state index contributed by atoms with van der Waals surface area (Å²) in [4.78, 5) is 26.7. The Bertz CT molecular complexity index is 911. The van der Waals surface area contributed by atoms with Crippen molar-refractivity contribution in [2.24, 2.45) is 0 Å². The molecule has 2 aromatic rings. The lowest BCUT2D eigenvalue weighted by Gasteiger charge is -2.25. The second-order valence-electron chi connectivity index (χ2n) is 6.02. The monoisotopic (exact) mass is 405 g/mol. The number of carbonyl (C=O) groups is 2. The van der Waals surface area contributed by atoms with E-state index >= 15 is 0 Å². The first-order valence-electron chi connectivity index (χ1n) is 8.23. The molecule has 0 unspecified atom stereocenters. The third-order valence-corrected chi connectivity index (χ3v) is 5.12. The Morgan fingerprint density at radius 3 is 2.44 bits per heavy atom. The second kappa shape index (κ2) is 8.13. The summed E-state index contributed by atoms with van der Waals surface area (Å²) in [6.07, 6.45) is 0. The third-order valence-electron chi connectivity index (χ3n) is 4.38. The Labute approximate surface area is 166 Å². The van der Waals surface area contributed by atoms with Crippen molar-refractivity contribution < 1.29 is 19.4 Å². The minimum Gasteiger partial charge on any atom is -0.507 e. The van der Waals surface area contributed by atoms with Gasteiger partial charge in [-0.2, -0.15) is 0 Å². The minimum atomic E-state index is -0.782. The fourth-order valence-electron chi connectivity index (χ4n) is 3.08. The van der Waals surface area contributed by atoms with Crippen LogP contribution in [0.5, 0.6) is 0 Å². The van der Waals surface area contributed by atoms with E-state index in [-0.39, 0.29) is 24.5 Å². The van der Waals surface area contributed by atoms with Crippen LogP contribution in [0.1, 0.15) is 17.2 Å². The molecule has 0 aromatic heterocycles. The Kier molecular flexibility index (Phi) is 5.85. The van der Waals surface area contributed by atoms with E-state index in [1.807, 2.05) is 0 Å². The first kappa shape index (κ1) is 19.4. The van der Waals surface area contributed by atoms with Crippen LogP contribution in [0.15, 0.2) is 54.1 Å². The lowest BCUT2D eigenvalue weighted by Crippen LogP contribution is -2.32. The van der Waals surface area contributed by atoms with E-state index in [9.17, 15) is 14.7 Å². The second-order valence-corrected chi connectivity index (χ2v) is 6.84. The lowest BCUT2D eigenvalue weighted by atomic mass is 9.95. The molecule has 1 heterocycles. The summed E-state index contributed by atoms with van der Waals surface area (Å²) in [6.45, 7) is 0.438. The number of likely N-dealkylation sites (tertiary alicyclic amines) is 1. The molecule has 1 atom stereocenters. The first-order chi connectivity index (χ1) is 13.0. The highest BCUT2D eigenvalue weighted by atomic mass is 35.5. The molecule has 0 spiro atoms. The molecule has 0 radical (unpaired) electrons. The standard InChI is InChI=1S/C20H17Cl2NO4/c1-27-10-9-23-17(13-7-8-14(21)15(22)11-13)16(19(25)20(23)26)18(24)12-5-3-2-4-6-12/h2-8,11,17,24H,9-10H2,1H3/t17-/m0/s1. The number of ether oxygens (including phenoxy) is 1. The van der Waals surface area contributed by atoms with Gasteiger partial charge in [0.25, 0.3) is 11.7 Å². The number of nitrogens with zero attached hydrogens (tertiary/aromatic N) is 1. The van der Waals surface area contributed by atoms with E-state index in [4.69, 9.17) is 27.9 Å². The van der Waals surface area contributed by atoms with E-state index in [1.54, 1.807) is 48.5 Å². The number of halogens is 2. The fraction of sp³-hybridized carbons (Fsp3) is 0.200. The molecule has 3 rings (SSSR count). The maximum absolute atomic E-state index is 12.7. The van der Waals surface area contributed by atoms with Gasteiger partial charge >= 0.3 is 0 Å². The van der Waals surface area contributed by atoms with Gasteiger partial charge in [-0.1, -0.05) is 59.6 Å². The number of benzene rings is 2. The van der Waals surface area contributed by atoms with Gasteiger partial charge in [0.1, 0.15) is 5.76 Å². The van der Waals surface area contributed by atoms with Crippen molar-refractivity contribution in [3.63, 3.8) is 0 Å². The minimum absolute atomic E-state index is 0.0145. The van der Waals surface area contributed by atoms with Crippen molar-refractivity contribution in [3.8, 4) is 0 Å². The third kappa shape index (κ3) is 3.72. The molecule has 1 aliphatic rings. The molecule has 27 heavy (non-hydrogen) atoms. The molecule has 140 valence electrons. The maximum Gasteiger partial charge on any atom is 0.295 e. The quantitative estimate of drug-likeness (QED) is 0.462. The molecule has 7 heteroatoms. The topological polar surface area (TPSA) is 66.8 Å². The Balaban J connectivity index is 2.18. The molecule has 1 saturated heterocycles. The number of aliphatic hydroxyl groups is 1. The highest BCUT2D eigenvalue weighted by Crippen LogP contribution is 2.40. The van der Waals surface area contributed by atoms with Gasteiger partial charge in [-0.15, -0.1) is 0 Å². The fourth-order valence-corrected chi connectivity index (χ4v) is 3.39. The predicted octanol–water partition coefficient (Wildman–Crippen LogP) is 4.06. The SMILES string of the molecule is COCCN1C(=O)C(=O)C(=C(O)c2ccccc2)[C@@H]1c1ccc(Cl)c(Cl)c1. The average Bonchev–Trinajstić information content (AvgIpc) is 2.93. The molecule has 5 nitrogen and oxygen atoms in total. The summed E-state index contributed by atoms with van der Waals surface area (Å²) >= 11 is 12.1. The van der Waals surface area contributed by atoms with Crippen molar-refractivity contribution in [2.45, 2.75) is 6.04 Å². The Morgan fingerprint density at radius 1 is 1.11 bits per heavy atom. The molecule has 0 saturated carbocycles. The number of amides is 1. The van der Waals surface area contributed by atoms with Crippen molar-refractivity contribution in [1.29, 1.82) is 0 Å². The molecule has 0 aliphatic carbocycles. The van der Waals surface area contributed by atoms with Gasteiger partial charge in [0.05, 0.1) is 28.3 Å². The number of aliphatic hydroxyl groups excluding tert-OH is 1. The zero-order chi connectivity index (χ0) is 19.6. The van der Waals surface area contributed by atoms with Gasteiger partial charge in [-0.3, -0.25) is 9.59 Å². The van der Waals surface area contributed by atoms with Crippen molar-refractivity contribution in [2.75, 3.05) is 20.3 Å². The summed E-state index contributed by atoms with van der Waals surface area (Å²) in [5.74, 6) is -1.67. The number of hydrogen-bond donors (Lipinski definition) is 1. The Morgan fingerprint density at radius 2 is 1.81 bits per heavy atom. The molecule has 1 amide bonds. The molecule has 1 aliphatic heterocycles. The smallest absolute Gasteiger partial charge is 0.295 e. The van der Waals surface area contributed by atoms with Crippen LogP contribution in [0, 0.1) is 0 Å². The number of rotatable bonds is 5. The van der Waals surface area contributed by atoms with E-state index in [1.165, 1.54) is 12.0 Å². The molecule has 0 bridgehead atoms. The van der Waals surface area contributed by atoms with Crippen molar-refractivity contribution in [3.05, 3.63) is 75.3 Å². The maximum atomic E-state index is 12.7. The number of ketones is 1. The molecular weight excluding hydrogens is 389 g/mol. The molecule has 2 aromatic carbocycles. The summed E-state index contributed by atoms with van der Waals surface area (Å²) < 4.78 is 5.06. The van der Waals surface area contributed by atoms with Gasteiger partial charge in [0, 0.05) is 19.2 Å². The highest BCUT2D eigenvalue weighted by molar-refractivity contribution is 6.46. The summed E-state index contributed by atoms with van der Waals surface area (Å²) in [5.41, 5.74) is 1.05. The first-order valence-corrected chi connectivity index (χ1v) is 8.99. The number of hydrogen-bond acceptors (Lipinski definition) is 4. The van der Waals surface area contributed by atoms with Crippen LogP contribution in [0.25, 0.3) is 5.76 Å². The lowest BCUT2D eigenvalue weighted by molar-refractivity contribution is -0.140. The number of Topliss-reactive ketones (excluding diaryl/α,β-unsaturated/α-hetero) is 1. The molecule has 1 N–H and O–H groups in total. The Hall–Kier alpha value is -2.34. The highest BCUT2D eigenvalue weighted by Gasteiger charge is 2.45. The van der Waals surface area contributed by atoms with E-state index in [2.05, 4.69) is 0 Å². The molecule has 1 fully saturated rings. The summed E-state index contributed by atoms with van der Waals surface area (Å²) in [5, 5.41) is 11.5. The van der Waals surface area contributed by atoms with Gasteiger partial charge < -0.3 is 14.7 Å². The molecular formula is C20H17Cl2NO4. The van der Waals surface area contributed by atoms with E-state index < -0.39 is 17.7 Å². The van der Waals surface area contributed by atoms with Crippen LogP contribution in [0.2, 0.25) is 10.0 Å². The van der Waals surface area contributed by atoms with Gasteiger partial charge in [0.2, 0.25) is 0 Å². The van der Waals surface area contributed by atoms with Crippen LogP contribution >= 0.6 is 23.2 Å². The van der Waals surface area contributed by atoms with Crippen molar-refractivity contribution >= 4 is 40.7 Å². The van der Waals surface area contributed by atoms with Crippen LogP contribution in [0.4, 0.5) is 0 Å². The summed E-state index contributed by atoms with van der Waals surface area (Å²) in [6, 6.07) is 12.7. The van der Waals surface area contributed by atoms with Crippen LogP contribution in [0.3, 0.4) is 0 Å². The van der Waals surface area contributed by atoms with Gasteiger partial charge in [-0.25, -0.2) is 0 Å². The zero-order valence-corrected chi connectivity index (χ0v) is 16.0. The van der Waals surface area contributed by atoms with E-state index in [0.29, 0.717) is 21.2 Å². The normalized spacial score (nSPS) is 18.9. The van der Waals surface area contributed by atoms with Crippen LogP contribution < -0.4 is 0 Å². The zero-order valence-electron chi connectivity index (χ0n) is 14.5. The average molecular weight is 406 g/mol. The van der Waals surface area contributed by atoms with Crippen LogP contribution in [-0.2, 0) is 14.3 Å². The van der Waals surface area contributed by atoms with Crippen LogP contribution in [-0.4, -0.2) is 42.0 Å². The largest absolute Gasteiger partial charge is 0.507 e. The van der Waals surface area contributed by atoms with Gasteiger partial charge in [-0.05, 0) is 17.7 Å². The van der Waals surface area contributed by atoms with Gasteiger partial charge in [0.15, 0.2) is 0 Å². The van der Waals surface area contributed by atoms with Crippen molar-refractivity contribution in [1.82, 2.24) is 4.90 Å². The summed E-state index contributed by atoms with van der Waals surface area (Å²) in [7, 11) is 1.51. The predicted molar refractivity (Wildman–Crippen MR) is 104 cm³/mol. The number of methoxy groups -OCH3 is 1.